The Balaban J connectivity index is 2.13. The number of hydrogen-bond donors (Lipinski definition) is 2. The van der Waals surface area contributed by atoms with E-state index in [1.807, 2.05) is 6.92 Å². The molecule has 5 heteroatoms. The molecule has 0 radical (unpaired) electrons. The van der Waals surface area contributed by atoms with Crippen molar-refractivity contribution in [2.24, 2.45) is 0 Å². The Labute approximate surface area is 117 Å². The van der Waals surface area contributed by atoms with Crippen LogP contribution in [0, 0.1) is 11.6 Å². The van der Waals surface area contributed by atoms with E-state index in [2.05, 4.69) is 10.6 Å². The average Bonchev–Trinajstić information content (AvgIpc) is 2.43. The van der Waals surface area contributed by atoms with Crippen LogP contribution >= 0.6 is 0 Å². The van der Waals surface area contributed by atoms with Gasteiger partial charge < -0.3 is 10.6 Å². The topological polar surface area (TPSA) is 41.1 Å². The van der Waals surface area contributed by atoms with Crippen molar-refractivity contribution < 1.29 is 13.6 Å². The van der Waals surface area contributed by atoms with Crippen LogP contribution in [0.5, 0.6) is 0 Å². The highest BCUT2D eigenvalue weighted by Gasteiger charge is 2.28. The van der Waals surface area contributed by atoms with Gasteiger partial charge in [-0.2, -0.15) is 0 Å². The zero-order chi connectivity index (χ0) is 14.5. The van der Waals surface area contributed by atoms with Gasteiger partial charge in [-0.05, 0) is 37.1 Å². The van der Waals surface area contributed by atoms with E-state index in [9.17, 15) is 13.6 Å². The fraction of sp³-hybridized carbons (Fsp3) is 0.533. The third kappa shape index (κ3) is 3.54. The maximum absolute atomic E-state index is 13.4. The normalized spacial score (nSPS) is 22.6. The summed E-state index contributed by atoms with van der Waals surface area (Å²) in [6.07, 6.45) is 2.07. The van der Waals surface area contributed by atoms with Crippen LogP contribution in [0.3, 0.4) is 0 Å². The van der Waals surface area contributed by atoms with Crippen molar-refractivity contribution in [1.82, 2.24) is 10.6 Å². The lowest BCUT2D eigenvalue weighted by Gasteiger charge is -2.33. The molecule has 3 nitrogen and oxygen atoms in total. The number of halogens is 2. The van der Waals surface area contributed by atoms with E-state index in [0.29, 0.717) is 13.0 Å². The second kappa shape index (κ2) is 6.79. The molecule has 2 atom stereocenters. The number of nitrogens with one attached hydrogen (secondary N) is 2. The predicted octanol–water partition coefficient (Wildman–Crippen LogP) is 2.33. The summed E-state index contributed by atoms with van der Waals surface area (Å²) in [5.41, 5.74) is 0.743. The van der Waals surface area contributed by atoms with Crippen molar-refractivity contribution in [3.05, 3.63) is 35.4 Å². The zero-order valence-corrected chi connectivity index (χ0v) is 11.6. The molecule has 0 aliphatic carbocycles. The van der Waals surface area contributed by atoms with Crippen molar-refractivity contribution in [3.8, 4) is 0 Å². The molecule has 1 aromatic carbocycles. The van der Waals surface area contributed by atoms with Gasteiger partial charge in [0, 0.05) is 24.9 Å². The SMILES string of the molecule is CCCC(=O)NC1CNCCC1c1ccc(F)c(F)c1. The molecule has 1 amide bonds. The minimum Gasteiger partial charge on any atom is -0.351 e. The van der Waals surface area contributed by atoms with E-state index in [-0.39, 0.29) is 17.9 Å². The summed E-state index contributed by atoms with van der Waals surface area (Å²) >= 11 is 0. The monoisotopic (exact) mass is 282 g/mol. The van der Waals surface area contributed by atoms with Crippen molar-refractivity contribution in [2.75, 3.05) is 13.1 Å². The van der Waals surface area contributed by atoms with Gasteiger partial charge in [-0.25, -0.2) is 8.78 Å². The van der Waals surface area contributed by atoms with Crippen LogP contribution in [0.1, 0.15) is 37.7 Å². The molecule has 1 fully saturated rings. The van der Waals surface area contributed by atoms with E-state index in [1.165, 1.54) is 6.07 Å². The number of carbonyl (C=O) groups excluding carboxylic acids is 1. The summed E-state index contributed by atoms with van der Waals surface area (Å²) in [5.74, 6) is -1.64. The first-order chi connectivity index (χ1) is 9.61. The number of carbonyl (C=O) groups is 1. The maximum Gasteiger partial charge on any atom is 0.220 e. The van der Waals surface area contributed by atoms with E-state index in [4.69, 9.17) is 0 Å². The second-order valence-corrected chi connectivity index (χ2v) is 5.20. The first kappa shape index (κ1) is 14.9. The molecule has 1 saturated heterocycles. The van der Waals surface area contributed by atoms with E-state index < -0.39 is 11.6 Å². The van der Waals surface area contributed by atoms with E-state index >= 15 is 0 Å². The number of benzene rings is 1. The number of hydrogen-bond acceptors (Lipinski definition) is 2. The highest BCUT2D eigenvalue weighted by atomic mass is 19.2. The van der Waals surface area contributed by atoms with Crippen LogP contribution in [-0.2, 0) is 4.79 Å². The molecular weight excluding hydrogens is 262 g/mol. The van der Waals surface area contributed by atoms with E-state index in [0.717, 1.165) is 31.0 Å². The molecule has 2 N–H and O–H groups in total. The Morgan fingerprint density at radius 1 is 1.40 bits per heavy atom. The summed E-state index contributed by atoms with van der Waals surface area (Å²) < 4.78 is 26.4. The predicted molar refractivity (Wildman–Crippen MR) is 73.4 cm³/mol. The number of amides is 1. The Hall–Kier alpha value is -1.49. The van der Waals surface area contributed by atoms with Gasteiger partial charge in [-0.1, -0.05) is 13.0 Å². The van der Waals surface area contributed by atoms with E-state index in [1.54, 1.807) is 6.07 Å². The van der Waals surface area contributed by atoms with Gasteiger partial charge in [0.2, 0.25) is 5.91 Å². The maximum atomic E-state index is 13.4. The van der Waals surface area contributed by atoms with Crippen molar-refractivity contribution in [1.29, 1.82) is 0 Å². The molecule has 2 rings (SSSR count). The Kier molecular flexibility index (Phi) is 5.06. The summed E-state index contributed by atoms with van der Waals surface area (Å²) in [5, 5.41) is 6.21. The van der Waals surface area contributed by atoms with Gasteiger partial charge in [0.15, 0.2) is 11.6 Å². The van der Waals surface area contributed by atoms with Gasteiger partial charge in [0.05, 0.1) is 0 Å². The minimum atomic E-state index is -0.839. The summed E-state index contributed by atoms with van der Waals surface area (Å²) in [4.78, 5) is 11.7. The zero-order valence-electron chi connectivity index (χ0n) is 11.6. The third-order valence-electron chi connectivity index (χ3n) is 3.68. The summed E-state index contributed by atoms with van der Waals surface area (Å²) in [6.45, 7) is 3.41. The molecular formula is C15H20F2N2O. The number of rotatable bonds is 4. The lowest BCUT2D eigenvalue weighted by Crippen LogP contribution is -2.50. The second-order valence-electron chi connectivity index (χ2n) is 5.20. The standard InChI is InChI=1S/C15H20F2N2O/c1-2-3-15(20)19-14-9-18-7-6-11(14)10-4-5-12(16)13(17)8-10/h4-5,8,11,14,18H,2-3,6-7,9H2,1H3,(H,19,20). The average molecular weight is 282 g/mol. The Morgan fingerprint density at radius 3 is 2.90 bits per heavy atom. The van der Waals surface area contributed by atoms with Gasteiger partial charge in [-0.3, -0.25) is 4.79 Å². The van der Waals surface area contributed by atoms with Gasteiger partial charge in [-0.15, -0.1) is 0 Å². The van der Waals surface area contributed by atoms with Crippen molar-refractivity contribution in [3.63, 3.8) is 0 Å². The van der Waals surface area contributed by atoms with Gasteiger partial charge in [0.1, 0.15) is 0 Å². The molecule has 20 heavy (non-hydrogen) atoms. The molecule has 0 spiro atoms. The largest absolute Gasteiger partial charge is 0.351 e. The van der Waals surface area contributed by atoms with Crippen LogP contribution in [-0.4, -0.2) is 25.0 Å². The van der Waals surface area contributed by atoms with Gasteiger partial charge in [0.25, 0.3) is 0 Å². The smallest absolute Gasteiger partial charge is 0.220 e. The number of piperidine rings is 1. The molecule has 1 heterocycles. The minimum absolute atomic E-state index is 0.00813. The lowest BCUT2D eigenvalue weighted by molar-refractivity contribution is -0.122. The Morgan fingerprint density at radius 2 is 2.20 bits per heavy atom. The molecule has 2 unspecified atom stereocenters. The molecule has 0 saturated carbocycles. The molecule has 1 aliphatic heterocycles. The highest BCUT2D eigenvalue weighted by Crippen LogP contribution is 2.27. The van der Waals surface area contributed by atoms with Crippen LogP contribution < -0.4 is 10.6 Å². The molecule has 0 aromatic heterocycles. The molecule has 1 aromatic rings. The van der Waals surface area contributed by atoms with Crippen molar-refractivity contribution in [2.45, 2.75) is 38.1 Å². The van der Waals surface area contributed by atoms with Crippen LogP contribution in [0.25, 0.3) is 0 Å². The quantitative estimate of drug-likeness (QED) is 0.890. The van der Waals surface area contributed by atoms with Gasteiger partial charge >= 0.3 is 0 Å². The summed E-state index contributed by atoms with van der Waals surface area (Å²) in [6, 6.07) is 3.92. The highest BCUT2D eigenvalue weighted by molar-refractivity contribution is 5.76. The first-order valence-corrected chi connectivity index (χ1v) is 7.07. The third-order valence-corrected chi connectivity index (χ3v) is 3.68. The first-order valence-electron chi connectivity index (χ1n) is 7.07. The lowest BCUT2D eigenvalue weighted by atomic mass is 9.86. The van der Waals surface area contributed by atoms with Crippen LogP contribution in [0.2, 0.25) is 0 Å². The van der Waals surface area contributed by atoms with Crippen molar-refractivity contribution >= 4 is 5.91 Å². The molecule has 0 bridgehead atoms. The van der Waals surface area contributed by atoms with Crippen LogP contribution in [0.15, 0.2) is 18.2 Å². The fourth-order valence-corrected chi connectivity index (χ4v) is 2.66. The molecule has 1 aliphatic rings. The summed E-state index contributed by atoms with van der Waals surface area (Å²) in [7, 11) is 0. The van der Waals surface area contributed by atoms with Crippen LogP contribution in [0.4, 0.5) is 8.78 Å². The Bertz CT molecular complexity index is 479. The fourth-order valence-electron chi connectivity index (χ4n) is 2.66. The molecule has 110 valence electrons.